The number of allylic oxidation sites excluding steroid dienone is 2. The van der Waals surface area contributed by atoms with E-state index in [2.05, 4.69) is 61.5 Å². The van der Waals surface area contributed by atoms with E-state index < -0.39 is 5.60 Å². The molecule has 4 saturated carbocycles. The Hall–Kier alpha value is -0.340. The van der Waals surface area contributed by atoms with E-state index in [4.69, 9.17) is 0 Å². The van der Waals surface area contributed by atoms with Gasteiger partial charge in [-0.2, -0.15) is 0 Å². The molecule has 0 radical (unpaired) electrons. The van der Waals surface area contributed by atoms with Crippen molar-refractivity contribution < 1.29 is 10.2 Å². The van der Waals surface area contributed by atoms with E-state index in [0.717, 1.165) is 31.1 Å². The number of fused-ring (bicyclic) bond motifs is 5. The molecule has 4 aliphatic rings. The van der Waals surface area contributed by atoms with Crippen molar-refractivity contribution in [3.63, 3.8) is 0 Å². The molecule has 0 unspecified atom stereocenters. The Balaban J connectivity index is 1.61. The smallest absolute Gasteiger partial charge is 0.0656 e. The van der Waals surface area contributed by atoms with Crippen molar-refractivity contribution in [2.45, 2.75) is 131 Å². The van der Waals surface area contributed by atoms with Gasteiger partial charge >= 0.3 is 0 Å². The maximum absolute atomic E-state index is 11.7. The molecule has 0 saturated heterocycles. The highest BCUT2D eigenvalue weighted by Gasteiger charge is 2.68. The minimum atomic E-state index is -0.580. The van der Waals surface area contributed by atoms with Crippen LogP contribution in [0, 0.1) is 45.3 Å². The fourth-order valence-electron chi connectivity index (χ4n) is 10.3. The Bertz CT molecular complexity index is 746. The van der Waals surface area contributed by atoms with Gasteiger partial charge in [0.15, 0.2) is 0 Å². The zero-order valence-electron chi connectivity index (χ0n) is 22.4. The van der Waals surface area contributed by atoms with Gasteiger partial charge < -0.3 is 10.2 Å². The number of hydrogen-bond acceptors (Lipinski definition) is 2. The predicted octanol–water partition coefficient (Wildman–Crippen LogP) is 7.53. The third kappa shape index (κ3) is 3.40. The number of hydrogen-bond donors (Lipinski definition) is 2. The van der Waals surface area contributed by atoms with Crippen molar-refractivity contribution in [3.05, 3.63) is 11.6 Å². The average molecular weight is 445 g/mol. The maximum Gasteiger partial charge on any atom is 0.0656 e. The van der Waals surface area contributed by atoms with E-state index in [0.29, 0.717) is 22.7 Å². The molecule has 0 amide bonds. The molecule has 2 nitrogen and oxygen atoms in total. The van der Waals surface area contributed by atoms with Gasteiger partial charge in [0.1, 0.15) is 0 Å². The first kappa shape index (κ1) is 24.8. The molecule has 4 aliphatic carbocycles. The van der Waals surface area contributed by atoms with Gasteiger partial charge in [-0.1, -0.05) is 46.3 Å². The van der Waals surface area contributed by atoms with Gasteiger partial charge in [-0.25, -0.2) is 0 Å². The Morgan fingerprint density at radius 1 is 0.875 bits per heavy atom. The summed E-state index contributed by atoms with van der Waals surface area (Å²) in [7, 11) is 0. The van der Waals surface area contributed by atoms with Crippen molar-refractivity contribution in [1.82, 2.24) is 0 Å². The van der Waals surface area contributed by atoms with Crippen molar-refractivity contribution in [2.75, 3.05) is 0 Å². The summed E-state index contributed by atoms with van der Waals surface area (Å²) in [6, 6.07) is 0. The van der Waals surface area contributed by atoms with Crippen molar-refractivity contribution in [1.29, 1.82) is 0 Å². The topological polar surface area (TPSA) is 40.5 Å². The van der Waals surface area contributed by atoms with Gasteiger partial charge in [0, 0.05) is 0 Å². The van der Waals surface area contributed by atoms with Gasteiger partial charge in [-0.15, -0.1) is 0 Å². The van der Waals surface area contributed by atoms with Crippen LogP contribution in [0.5, 0.6) is 0 Å². The highest BCUT2D eigenvalue weighted by atomic mass is 16.3. The van der Waals surface area contributed by atoms with Crippen LogP contribution in [0.3, 0.4) is 0 Å². The summed E-state index contributed by atoms with van der Waals surface area (Å²) < 4.78 is 0. The first-order valence-electron chi connectivity index (χ1n) is 13.7. The van der Waals surface area contributed by atoms with Crippen molar-refractivity contribution in [2.24, 2.45) is 45.3 Å². The fourth-order valence-corrected chi connectivity index (χ4v) is 10.3. The standard InChI is InChI=1S/C30H52O2/c1-20(2)10-9-16-30(8,32)24-14-19-28(6)22-11-12-23-26(3,4)25(31)15-17-27(23,5)21(22)13-18-29(24,28)7/h10,21-25,31-32H,9,11-19H2,1-8H3/t21-,22+,23-,24-,25-,27+,28-,29+,30-/m0/s1. The molecule has 0 spiro atoms. The largest absolute Gasteiger partial charge is 0.393 e. The molecule has 0 aliphatic heterocycles. The van der Waals surface area contributed by atoms with Crippen LogP contribution in [0.15, 0.2) is 11.6 Å². The summed E-state index contributed by atoms with van der Waals surface area (Å²) in [5.74, 6) is 2.59. The minimum Gasteiger partial charge on any atom is -0.393 e. The second kappa shape index (κ2) is 7.84. The molecular formula is C30H52O2. The number of aliphatic hydroxyl groups excluding tert-OH is 1. The normalized spacial score (nSPS) is 49.4. The molecule has 9 atom stereocenters. The molecule has 4 fully saturated rings. The number of aliphatic hydroxyl groups is 2. The lowest BCUT2D eigenvalue weighted by atomic mass is 9.38. The molecule has 0 aromatic carbocycles. The molecule has 32 heavy (non-hydrogen) atoms. The van der Waals surface area contributed by atoms with Crippen LogP contribution in [-0.2, 0) is 0 Å². The quantitative estimate of drug-likeness (QED) is 0.440. The Kier molecular flexibility index (Phi) is 6.07. The molecule has 0 bridgehead atoms. The Morgan fingerprint density at radius 2 is 1.53 bits per heavy atom. The van der Waals surface area contributed by atoms with Gasteiger partial charge in [-0.3, -0.25) is 0 Å². The molecule has 2 heteroatoms. The third-order valence-electron chi connectivity index (χ3n) is 12.4. The van der Waals surface area contributed by atoms with Crippen LogP contribution < -0.4 is 0 Å². The second-order valence-corrected chi connectivity index (χ2v) is 14.4. The lowest BCUT2D eigenvalue weighted by Crippen LogP contribution is -2.62. The van der Waals surface area contributed by atoms with Crippen LogP contribution in [0.4, 0.5) is 0 Å². The molecule has 0 aromatic heterocycles. The first-order valence-corrected chi connectivity index (χ1v) is 13.7. The molecule has 184 valence electrons. The Labute approximate surface area is 198 Å². The monoisotopic (exact) mass is 444 g/mol. The van der Waals surface area contributed by atoms with E-state index in [1.165, 1.54) is 50.5 Å². The van der Waals surface area contributed by atoms with Gasteiger partial charge in [0.25, 0.3) is 0 Å². The zero-order valence-corrected chi connectivity index (χ0v) is 22.4. The van der Waals surface area contributed by atoms with Crippen LogP contribution >= 0.6 is 0 Å². The van der Waals surface area contributed by atoms with Gasteiger partial charge in [0.05, 0.1) is 11.7 Å². The summed E-state index contributed by atoms with van der Waals surface area (Å²) in [5, 5.41) is 22.5. The van der Waals surface area contributed by atoms with Crippen LogP contribution in [-0.4, -0.2) is 21.9 Å². The Morgan fingerprint density at radius 3 is 2.19 bits per heavy atom. The highest BCUT2D eigenvalue weighted by molar-refractivity contribution is 5.17. The molecule has 0 heterocycles. The summed E-state index contributed by atoms with van der Waals surface area (Å²) in [4.78, 5) is 0. The molecular weight excluding hydrogens is 392 g/mol. The SMILES string of the molecule is CC(C)=CCC[C@](C)(O)[C@H]1CC[C@@]2(C)[C@@H]3CC[C@H]4C(C)(C)[C@@H](O)CC[C@]4(C)[C@H]3CC[C@]12C. The third-order valence-corrected chi connectivity index (χ3v) is 12.4. The average Bonchev–Trinajstić information content (AvgIpc) is 2.97. The van der Waals surface area contributed by atoms with E-state index in [9.17, 15) is 10.2 Å². The van der Waals surface area contributed by atoms with Crippen molar-refractivity contribution in [3.8, 4) is 0 Å². The van der Waals surface area contributed by atoms with Gasteiger partial charge in [0.2, 0.25) is 0 Å². The lowest BCUT2D eigenvalue weighted by molar-refractivity contribution is -0.207. The summed E-state index contributed by atoms with van der Waals surface area (Å²) in [5.41, 5.74) is 1.73. The van der Waals surface area contributed by atoms with Gasteiger partial charge in [-0.05, 0) is 130 Å². The highest BCUT2D eigenvalue weighted by Crippen LogP contribution is 2.75. The predicted molar refractivity (Wildman–Crippen MR) is 134 cm³/mol. The van der Waals surface area contributed by atoms with Crippen LogP contribution in [0.2, 0.25) is 0 Å². The molecule has 4 rings (SSSR count). The van der Waals surface area contributed by atoms with E-state index in [-0.39, 0.29) is 16.9 Å². The van der Waals surface area contributed by atoms with Crippen molar-refractivity contribution >= 4 is 0 Å². The summed E-state index contributed by atoms with van der Waals surface area (Å²) in [6.07, 6.45) is 13.8. The van der Waals surface area contributed by atoms with E-state index in [1.807, 2.05) is 0 Å². The maximum atomic E-state index is 11.7. The number of rotatable bonds is 4. The summed E-state index contributed by atoms with van der Waals surface area (Å²) in [6.45, 7) is 18.9. The lowest BCUT2D eigenvalue weighted by Gasteiger charge is -2.67. The summed E-state index contributed by atoms with van der Waals surface area (Å²) >= 11 is 0. The van der Waals surface area contributed by atoms with Crippen LogP contribution in [0.25, 0.3) is 0 Å². The molecule has 2 N–H and O–H groups in total. The van der Waals surface area contributed by atoms with E-state index in [1.54, 1.807) is 0 Å². The first-order chi connectivity index (χ1) is 14.7. The zero-order chi connectivity index (χ0) is 23.7. The second-order valence-electron chi connectivity index (χ2n) is 14.4. The van der Waals surface area contributed by atoms with E-state index >= 15 is 0 Å². The van der Waals surface area contributed by atoms with Crippen LogP contribution in [0.1, 0.15) is 120 Å². The fraction of sp³-hybridized carbons (Fsp3) is 0.933. The minimum absolute atomic E-state index is 0.0342. The molecule has 0 aromatic rings.